The van der Waals surface area contributed by atoms with Gasteiger partial charge in [0.25, 0.3) is 5.69 Å². The third kappa shape index (κ3) is 3.45. The molecule has 0 amide bonds. The van der Waals surface area contributed by atoms with E-state index in [0.717, 1.165) is 18.7 Å². The third-order valence-corrected chi connectivity index (χ3v) is 4.65. The van der Waals surface area contributed by atoms with Crippen LogP contribution in [-0.2, 0) is 10.0 Å². The maximum atomic E-state index is 11.5. The molecular formula is C12H17N3O4S. The lowest BCUT2D eigenvalue weighted by molar-refractivity contribution is -0.384. The summed E-state index contributed by atoms with van der Waals surface area (Å²) in [6.45, 7) is 2.28. The molecule has 0 atom stereocenters. The zero-order valence-corrected chi connectivity index (χ0v) is 12.0. The first kappa shape index (κ1) is 14.7. The lowest BCUT2D eigenvalue weighted by Gasteiger charge is -2.22. The minimum atomic E-state index is -3.16. The van der Waals surface area contributed by atoms with Gasteiger partial charge in [0.1, 0.15) is 0 Å². The van der Waals surface area contributed by atoms with Gasteiger partial charge in [-0.2, -0.15) is 0 Å². The molecule has 0 N–H and O–H groups in total. The fourth-order valence-corrected chi connectivity index (χ4v) is 3.14. The van der Waals surface area contributed by atoms with Crippen molar-refractivity contribution in [3.05, 3.63) is 34.4 Å². The molecule has 1 saturated heterocycles. The molecule has 0 aliphatic carbocycles. The highest BCUT2D eigenvalue weighted by Crippen LogP contribution is 2.21. The maximum Gasteiger partial charge on any atom is 0.269 e. The topological polar surface area (TPSA) is 83.8 Å². The average molecular weight is 299 g/mol. The summed E-state index contributed by atoms with van der Waals surface area (Å²) in [5, 5.41) is 10.6. The second-order valence-corrected chi connectivity index (χ2v) is 6.76. The predicted molar refractivity (Wildman–Crippen MR) is 76.3 cm³/mol. The van der Waals surface area contributed by atoms with Gasteiger partial charge in [-0.05, 0) is 18.6 Å². The van der Waals surface area contributed by atoms with E-state index in [0.29, 0.717) is 19.6 Å². The monoisotopic (exact) mass is 299 g/mol. The molecular weight excluding hydrogens is 282 g/mol. The van der Waals surface area contributed by atoms with Gasteiger partial charge in [-0.15, -0.1) is 0 Å². The van der Waals surface area contributed by atoms with Gasteiger partial charge in [-0.25, -0.2) is 12.7 Å². The lowest BCUT2D eigenvalue weighted by atomic mass is 10.2. The van der Waals surface area contributed by atoms with Crippen LogP contribution in [0.2, 0.25) is 0 Å². The lowest BCUT2D eigenvalue weighted by Crippen LogP contribution is -2.34. The molecule has 7 nitrogen and oxygen atoms in total. The van der Waals surface area contributed by atoms with Crippen LogP contribution in [-0.4, -0.2) is 50.1 Å². The first-order chi connectivity index (χ1) is 9.38. The zero-order chi connectivity index (χ0) is 14.8. The minimum absolute atomic E-state index is 0.0568. The number of sulfonamides is 1. The van der Waals surface area contributed by atoms with E-state index in [1.54, 1.807) is 12.1 Å². The van der Waals surface area contributed by atoms with Crippen molar-refractivity contribution in [2.45, 2.75) is 6.42 Å². The van der Waals surface area contributed by atoms with E-state index in [4.69, 9.17) is 0 Å². The van der Waals surface area contributed by atoms with E-state index in [1.807, 2.05) is 0 Å². The van der Waals surface area contributed by atoms with Crippen LogP contribution < -0.4 is 4.90 Å². The van der Waals surface area contributed by atoms with Crippen LogP contribution in [0.5, 0.6) is 0 Å². The second kappa shape index (κ2) is 5.76. The first-order valence-corrected chi connectivity index (χ1v) is 8.17. The summed E-state index contributed by atoms with van der Waals surface area (Å²) >= 11 is 0. The Labute approximate surface area is 118 Å². The number of hydrogen-bond donors (Lipinski definition) is 0. The molecule has 1 fully saturated rings. The van der Waals surface area contributed by atoms with Crippen LogP contribution in [0, 0.1) is 10.1 Å². The number of rotatable bonds is 3. The van der Waals surface area contributed by atoms with Gasteiger partial charge in [0.05, 0.1) is 11.2 Å². The molecule has 1 heterocycles. The van der Waals surface area contributed by atoms with Crippen LogP contribution in [0.3, 0.4) is 0 Å². The molecule has 0 unspecified atom stereocenters. The van der Waals surface area contributed by atoms with E-state index < -0.39 is 14.9 Å². The third-order valence-electron chi connectivity index (χ3n) is 3.35. The molecule has 1 aliphatic heterocycles. The highest BCUT2D eigenvalue weighted by molar-refractivity contribution is 7.88. The van der Waals surface area contributed by atoms with Crippen molar-refractivity contribution < 1.29 is 13.3 Å². The summed E-state index contributed by atoms with van der Waals surface area (Å²) in [4.78, 5) is 12.2. The number of nitro benzene ring substituents is 1. The van der Waals surface area contributed by atoms with E-state index in [9.17, 15) is 18.5 Å². The second-order valence-electron chi connectivity index (χ2n) is 4.78. The van der Waals surface area contributed by atoms with Crippen molar-refractivity contribution in [1.29, 1.82) is 0 Å². The van der Waals surface area contributed by atoms with E-state index >= 15 is 0 Å². The molecule has 1 aliphatic rings. The number of nitro groups is 1. The predicted octanol–water partition coefficient (Wildman–Crippen LogP) is 1.07. The summed E-state index contributed by atoms with van der Waals surface area (Å²) in [5.41, 5.74) is 0.937. The molecule has 0 bridgehead atoms. The summed E-state index contributed by atoms with van der Waals surface area (Å²) in [7, 11) is -3.16. The molecule has 0 saturated carbocycles. The van der Waals surface area contributed by atoms with Gasteiger partial charge >= 0.3 is 0 Å². The van der Waals surface area contributed by atoms with Crippen LogP contribution in [0.1, 0.15) is 6.42 Å². The molecule has 2 rings (SSSR count). The van der Waals surface area contributed by atoms with E-state index in [2.05, 4.69) is 4.90 Å². The summed E-state index contributed by atoms with van der Waals surface area (Å²) in [5.74, 6) is 0. The smallest absolute Gasteiger partial charge is 0.269 e. The molecule has 0 radical (unpaired) electrons. The molecule has 1 aromatic rings. The Bertz CT molecular complexity index is 585. The van der Waals surface area contributed by atoms with Crippen molar-refractivity contribution >= 4 is 21.4 Å². The molecule has 1 aromatic carbocycles. The quantitative estimate of drug-likeness (QED) is 0.615. The Balaban J connectivity index is 2.09. The maximum absolute atomic E-state index is 11.5. The SMILES string of the molecule is CS(=O)(=O)N1CCCN(c2ccc([N+](=O)[O-])cc2)CC1. The van der Waals surface area contributed by atoms with Gasteiger partial charge in [-0.1, -0.05) is 0 Å². The molecule has 110 valence electrons. The fraction of sp³-hybridized carbons (Fsp3) is 0.500. The van der Waals surface area contributed by atoms with Crippen LogP contribution >= 0.6 is 0 Å². The van der Waals surface area contributed by atoms with Gasteiger partial charge < -0.3 is 4.90 Å². The number of hydrogen-bond acceptors (Lipinski definition) is 5. The Morgan fingerprint density at radius 1 is 1.10 bits per heavy atom. The Morgan fingerprint density at radius 2 is 1.75 bits per heavy atom. The van der Waals surface area contributed by atoms with Crippen molar-refractivity contribution in [2.24, 2.45) is 0 Å². The van der Waals surface area contributed by atoms with E-state index in [-0.39, 0.29) is 5.69 Å². The highest BCUT2D eigenvalue weighted by atomic mass is 32.2. The standard InChI is InChI=1S/C12H17N3O4S/c1-20(18,19)14-8-2-7-13(9-10-14)11-3-5-12(6-4-11)15(16)17/h3-6H,2,7-10H2,1H3. The van der Waals surface area contributed by atoms with Crippen molar-refractivity contribution in [3.8, 4) is 0 Å². The first-order valence-electron chi connectivity index (χ1n) is 6.32. The van der Waals surface area contributed by atoms with Crippen LogP contribution in [0.15, 0.2) is 24.3 Å². The van der Waals surface area contributed by atoms with Crippen molar-refractivity contribution in [2.75, 3.05) is 37.3 Å². The van der Waals surface area contributed by atoms with Crippen LogP contribution in [0.4, 0.5) is 11.4 Å². The number of anilines is 1. The van der Waals surface area contributed by atoms with Gasteiger partial charge in [0, 0.05) is 44.0 Å². The van der Waals surface area contributed by atoms with Gasteiger partial charge in [-0.3, -0.25) is 10.1 Å². The average Bonchev–Trinajstić information content (AvgIpc) is 2.64. The normalized spacial score (nSPS) is 17.8. The molecule has 0 aromatic heterocycles. The van der Waals surface area contributed by atoms with Gasteiger partial charge in [0.2, 0.25) is 10.0 Å². The molecule has 20 heavy (non-hydrogen) atoms. The Hall–Kier alpha value is -1.67. The minimum Gasteiger partial charge on any atom is -0.370 e. The number of non-ortho nitro benzene ring substituents is 1. The van der Waals surface area contributed by atoms with E-state index in [1.165, 1.54) is 22.7 Å². The van der Waals surface area contributed by atoms with Crippen LogP contribution in [0.25, 0.3) is 0 Å². The number of nitrogens with zero attached hydrogens (tertiary/aromatic N) is 3. The van der Waals surface area contributed by atoms with Crippen molar-refractivity contribution in [3.63, 3.8) is 0 Å². The molecule has 8 heteroatoms. The molecule has 0 spiro atoms. The van der Waals surface area contributed by atoms with Gasteiger partial charge in [0.15, 0.2) is 0 Å². The zero-order valence-electron chi connectivity index (χ0n) is 11.2. The summed E-state index contributed by atoms with van der Waals surface area (Å²) in [6, 6.07) is 6.34. The summed E-state index contributed by atoms with van der Waals surface area (Å²) < 4.78 is 24.5. The highest BCUT2D eigenvalue weighted by Gasteiger charge is 2.21. The number of benzene rings is 1. The fourth-order valence-electron chi connectivity index (χ4n) is 2.27. The Kier molecular flexibility index (Phi) is 4.24. The summed E-state index contributed by atoms with van der Waals surface area (Å²) in [6.07, 6.45) is 1.96. The van der Waals surface area contributed by atoms with Crippen molar-refractivity contribution in [1.82, 2.24) is 4.31 Å². The largest absolute Gasteiger partial charge is 0.370 e. The Morgan fingerprint density at radius 3 is 2.30 bits per heavy atom.